The predicted octanol–water partition coefficient (Wildman–Crippen LogP) is 15.2. The molecule has 6 aromatic heterocycles. The summed E-state index contributed by atoms with van der Waals surface area (Å²) in [6, 6.07) is 41.1. The normalized spacial score (nSPS) is 11.0. The monoisotopic (exact) mass is 1310 g/mol. The van der Waals surface area contributed by atoms with Crippen LogP contribution in [0.4, 0.5) is 17.5 Å². The summed E-state index contributed by atoms with van der Waals surface area (Å²) < 4.78 is 35.1. The van der Waals surface area contributed by atoms with E-state index in [0.29, 0.717) is 43.3 Å². The third-order valence-electron chi connectivity index (χ3n) is 12.3. The Kier molecular flexibility index (Phi) is 28.7. The maximum Gasteiger partial charge on any atom is 0.363 e. The number of aromatic hydroxyl groups is 1. The van der Waals surface area contributed by atoms with Crippen molar-refractivity contribution in [3.63, 3.8) is 0 Å². The molecule has 0 aliphatic carbocycles. The molecular formula is C61H79BBrN12O10Si3. The van der Waals surface area contributed by atoms with Crippen LogP contribution in [0.1, 0.15) is 7.43 Å². The van der Waals surface area contributed by atoms with Crippen molar-refractivity contribution in [2.75, 3.05) is 25.6 Å². The lowest BCUT2D eigenvalue weighted by molar-refractivity contribution is -0.389. The number of aromatic nitrogens is 9. The number of benzene rings is 3. The lowest BCUT2D eigenvalue weighted by atomic mass is 10.1. The molecule has 22 nitrogen and oxygen atoms in total. The molecule has 6 heterocycles. The lowest BCUT2D eigenvalue weighted by Gasteiger charge is -2.16. The molecule has 0 fully saturated rings. The summed E-state index contributed by atoms with van der Waals surface area (Å²) in [5.41, 5.74) is 11.6. The molecule has 9 aromatic rings. The van der Waals surface area contributed by atoms with Crippen molar-refractivity contribution in [3.8, 4) is 62.5 Å². The van der Waals surface area contributed by atoms with Crippen LogP contribution in [-0.4, -0.2) is 112 Å². The largest absolute Gasteiger partial charge is 0.508 e. The molecule has 9 rings (SSSR count). The van der Waals surface area contributed by atoms with Crippen LogP contribution in [0.15, 0.2) is 169 Å². The Labute approximate surface area is 528 Å². The summed E-state index contributed by atoms with van der Waals surface area (Å²) in [5.74, 6) is 2.83. The number of hydrogen-bond donors (Lipinski definition) is 2. The van der Waals surface area contributed by atoms with E-state index in [0.717, 1.165) is 81.9 Å². The van der Waals surface area contributed by atoms with Gasteiger partial charge in [0.1, 0.15) is 49.0 Å². The van der Waals surface area contributed by atoms with Crippen molar-refractivity contribution in [1.29, 1.82) is 0 Å². The number of hydrogen-bond acceptors (Lipinski definition) is 17. The number of ether oxygens (including phenoxy) is 5. The number of anilines is 1. The van der Waals surface area contributed by atoms with E-state index in [1.807, 2.05) is 92.9 Å². The van der Waals surface area contributed by atoms with E-state index >= 15 is 0 Å². The minimum Gasteiger partial charge on any atom is -0.508 e. The average molecular weight is 1320 g/mol. The quantitative estimate of drug-likeness (QED) is 0.0246. The number of pyridine rings is 3. The molecule has 3 N–H and O–H groups in total. The van der Waals surface area contributed by atoms with Crippen molar-refractivity contribution in [2.45, 2.75) is 105 Å². The van der Waals surface area contributed by atoms with Gasteiger partial charge in [-0.3, -0.25) is 0 Å². The van der Waals surface area contributed by atoms with Crippen LogP contribution in [0.2, 0.25) is 77.1 Å². The van der Waals surface area contributed by atoms with Gasteiger partial charge in [0.15, 0.2) is 18.1 Å². The topological polar surface area (TPSA) is 271 Å². The minimum absolute atomic E-state index is 0. The van der Waals surface area contributed by atoms with E-state index in [1.54, 1.807) is 55.1 Å². The van der Waals surface area contributed by atoms with Gasteiger partial charge in [0.25, 0.3) is 0 Å². The van der Waals surface area contributed by atoms with Gasteiger partial charge in [-0.25, -0.2) is 19.0 Å². The van der Waals surface area contributed by atoms with Gasteiger partial charge in [-0.2, -0.15) is 15.3 Å². The number of rotatable bonds is 24. The maximum absolute atomic E-state index is 10.7. The molecular weight excluding hydrogens is 1240 g/mol. The van der Waals surface area contributed by atoms with Gasteiger partial charge >= 0.3 is 11.6 Å². The van der Waals surface area contributed by atoms with E-state index in [9.17, 15) is 25.3 Å². The highest BCUT2D eigenvalue weighted by molar-refractivity contribution is 9.10. The fourth-order valence-electron chi connectivity index (χ4n) is 7.39. The van der Waals surface area contributed by atoms with E-state index in [4.69, 9.17) is 29.4 Å². The Morgan fingerprint density at radius 2 is 0.807 bits per heavy atom. The van der Waals surface area contributed by atoms with Crippen LogP contribution in [0.3, 0.4) is 0 Å². The third-order valence-corrected chi connectivity index (χ3v) is 17.9. The number of halogens is 1. The lowest BCUT2D eigenvalue weighted by Crippen LogP contribution is -2.22. The van der Waals surface area contributed by atoms with Crippen molar-refractivity contribution < 1.29 is 38.6 Å². The Balaban J connectivity index is 0.000000262. The van der Waals surface area contributed by atoms with Crippen LogP contribution in [0, 0.1) is 20.2 Å². The summed E-state index contributed by atoms with van der Waals surface area (Å²) in [4.78, 5) is 30.9. The Hall–Kier alpha value is -8.18. The van der Waals surface area contributed by atoms with Gasteiger partial charge < -0.3 is 54.8 Å². The van der Waals surface area contributed by atoms with Crippen molar-refractivity contribution >= 4 is 66.0 Å². The van der Waals surface area contributed by atoms with E-state index in [-0.39, 0.29) is 33.2 Å². The minimum atomic E-state index is -1.11. The molecule has 0 atom stereocenters. The summed E-state index contributed by atoms with van der Waals surface area (Å²) in [5, 5.41) is 43.0. The number of nitrogen functional groups attached to an aromatic ring is 1. The van der Waals surface area contributed by atoms with Gasteiger partial charge in [0, 0.05) is 99.9 Å². The van der Waals surface area contributed by atoms with Crippen molar-refractivity contribution in [2.24, 2.45) is 0 Å². The van der Waals surface area contributed by atoms with Gasteiger partial charge in [0.05, 0.1) is 27.8 Å². The van der Waals surface area contributed by atoms with Gasteiger partial charge in [0.2, 0.25) is 0 Å². The number of phenolic OH excluding ortho intramolecular Hbond substituents is 1. The summed E-state index contributed by atoms with van der Waals surface area (Å²) >= 11 is 3.11. The molecule has 3 aromatic carbocycles. The molecule has 0 saturated carbocycles. The number of phenols is 1. The highest BCUT2D eigenvalue weighted by Gasteiger charge is 2.16. The van der Waals surface area contributed by atoms with E-state index in [2.05, 4.69) is 105 Å². The summed E-state index contributed by atoms with van der Waals surface area (Å²) in [6.07, 6.45) is 9.64. The van der Waals surface area contributed by atoms with Crippen molar-refractivity contribution in [1.82, 2.24) is 44.3 Å². The first kappa shape index (κ1) is 72.3. The zero-order chi connectivity index (χ0) is 62.3. The molecule has 0 aliphatic rings. The number of nitro groups is 2. The van der Waals surface area contributed by atoms with Crippen LogP contribution in [-0.2, 0) is 34.4 Å². The number of nitrogens with zero attached hydrogens (tertiary/aromatic N) is 11. The summed E-state index contributed by atoms with van der Waals surface area (Å²) in [6.45, 7) is 24.7. The Morgan fingerprint density at radius 1 is 0.477 bits per heavy atom. The SMILES string of the molecule is C.C[Si](C)(C)CCOCn1nccc1-c1ccc(O)cc1.C[Si](C)(C)CCOCn1nccc1-c1ccc(Oc2ccc(N)nc2)cc1.C[Si](C)(C)CCOCn1nccc1-c1ccc(Oc2ccc([N+](=O)[O-])nc2)cc1.O=[N+]([O-])c1ccc(Br)cn1.[B]. The molecule has 3 radical (unpaired) electrons. The second-order valence-corrected chi connectivity index (χ2v) is 40.9. The smallest absolute Gasteiger partial charge is 0.363 e. The van der Waals surface area contributed by atoms with Gasteiger partial charge in [-0.15, -0.1) is 0 Å². The fourth-order valence-corrected chi connectivity index (χ4v) is 9.90. The fraction of sp³-hybridized carbons (Fsp3) is 0.311. The van der Waals surface area contributed by atoms with Gasteiger partial charge in [-0.1, -0.05) is 66.3 Å². The standard InChI is InChI=1S/C20H24N4O4Si.C20H26N4O2Si.C15H22N2O2Si.C5H3BrN2O2.CH4.B/c1-29(2,3)13-12-27-15-23-19(10-11-22-23)16-4-6-17(7-5-16)28-18-8-9-20(21-14-18)24(25)26;1-27(2,3)13-12-25-15-24-19(10-11-23-24)16-4-6-17(7-5-16)26-18-8-9-20(21)22-14-18;1-20(2,3)11-10-19-12-17-15(8-9-16-17)13-4-6-14(18)7-5-13;6-4-1-2-5(7-3-4)8(9)10;;/h4-11,14H,12-13,15H2,1-3H3;4-11,14H,12-13,15H2,1-3H3,(H2,21,22);4-9,18H,10-12H2,1-3H3;1-3H;1H4;. The third kappa shape index (κ3) is 25.6. The Bertz CT molecular complexity index is 3490. The highest BCUT2D eigenvalue weighted by atomic mass is 79.9. The van der Waals surface area contributed by atoms with Crippen LogP contribution < -0.4 is 15.2 Å². The molecule has 0 amide bonds. The second kappa shape index (κ2) is 35.0. The zero-order valence-electron chi connectivity index (χ0n) is 50.5. The molecule has 88 heavy (non-hydrogen) atoms. The van der Waals surface area contributed by atoms with Crippen LogP contribution in [0.25, 0.3) is 33.8 Å². The molecule has 465 valence electrons. The van der Waals surface area contributed by atoms with E-state index in [1.165, 1.54) is 30.6 Å². The Morgan fingerprint density at radius 3 is 1.11 bits per heavy atom. The zero-order valence-corrected chi connectivity index (χ0v) is 55.1. The number of nitrogens with two attached hydrogens (primary N) is 1. The average Bonchev–Trinajstić information content (AvgIpc) is 4.40. The molecule has 27 heteroatoms. The van der Waals surface area contributed by atoms with Crippen LogP contribution in [0.5, 0.6) is 28.7 Å². The predicted molar refractivity (Wildman–Crippen MR) is 358 cm³/mol. The molecule has 0 aliphatic heterocycles. The van der Waals surface area contributed by atoms with E-state index < -0.39 is 34.1 Å². The first-order valence-electron chi connectivity index (χ1n) is 27.6. The molecule has 0 spiro atoms. The highest BCUT2D eigenvalue weighted by Crippen LogP contribution is 2.29. The van der Waals surface area contributed by atoms with Crippen molar-refractivity contribution in [3.05, 3.63) is 189 Å². The maximum atomic E-state index is 10.7. The van der Waals surface area contributed by atoms with Gasteiger partial charge in [-0.05, 0) is 169 Å². The molecule has 0 bridgehead atoms. The summed E-state index contributed by atoms with van der Waals surface area (Å²) in [7, 11) is -3.23. The van der Waals surface area contributed by atoms with Crippen LogP contribution >= 0.6 is 15.9 Å². The molecule has 0 saturated heterocycles. The second-order valence-electron chi connectivity index (χ2n) is 23.1. The molecule has 0 unspecified atom stereocenters. The first-order valence-corrected chi connectivity index (χ1v) is 39.5. The first-order chi connectivity index (χ1) is 40.9.